The SMILES string of the molecule is CC(C)(C)c1ccc(/C=C/C(O)CCc2ccc(F)cc2)cc1NC(=O)CC1c2ccccc2Oc2ccccc21. The van der Waals surface area contributed by atoms with Gasteiger partial charge in [-0.1, -0.05) is 93.6 Å². The second-order valence-corrected chi connectivity index (χ2v) is 11.6. The fraction of sp³-hybridized carbons (Fsp3) is 0.250. The highest BCUT2D eigenvalue weighted by atomic mass is 19.1. The molecular weight excluding hydrogens is 513 g/mol. The number of para-hydroxylation sites is 2. The van der Waals surface area contributed by atoms with Gasteiger partial charge in [-0.05, 0) is 65.3 Å². The fourth-order valence-electron chi connectivity index (χ4n) is 5.32. The zero-order valence-corrected chi connectivity index (χ0v) is 23.7. The first-order chi connectivity index (χ1) is 19.7. The van der Waals surface area contributed by atoms with Gasteiger partial charge in [0.2, 0.25) is 5.91 Å². The maximum Gasteiger partial charge on any atom is 0.225 e. The lowest BCUT2D eigenvalue weighted by molar-refractivity contribution is -0.116. The molecule has 5 rings (SSSR count). The van der Waals surface area contributed by atoms with E-state index in [-0.39, 0.29) is 29.5 Å². The van der Waals surface area contributed by atoms with E-state index in [1.807, 2.05) is 72.8 Å². The molecule has 0 fully saturated rings. The lowest BCUT2D eigenvalue weighted by atomic mass is 9.84. The van der Waals surface area contributed by atoms with Crippen molar-refractivity contribution in [3.8, 4) is 11.5 Å². The van der Waals surface area contributed by atoms with Crippen molar-refractivity contribution >= 4 is 17.7 Å². The van der Waals surface area contributed by atoms with E-state index >= 15 is 0 Å². The molecule has 0 aliphatic carbocycles. The van der Waals surface area contributed by atoms with Gasteiger partial charge >= 0.3 is 0 Å². The van der Waals surface area contributed by atoms with Crippen LogP contribution in [0.15, 0.2) is 97.1 Å². The van der Waals surface area contributed by atoms with Crippen molar-refractivity contribution in [2.24, 2.45) is 0 Å². The summed E-state index contributed by atoms with van der Waals surface area (Å²) in [4.78, 5) is 13.6. The number of rotatable bonds is 8. The van der Waals surface area contributed by atoms with Crippen LogP contribution >= 0.6 is 0 Å². The van der Waals surface area contributed by atoms with Gasteiger partial charge in [-0.15, -0.1) is 0 Å². The van der Waals surface area contributed by atoms with Crippen LogP contribution in [0.3, 0.4) is 0 Å². The van der Waals surface area contributed by atoms with Crippen LogP contribution in [0.5, 0.6) is 11.5 Å². The lowest BCUT2D eigenvalue weighted by Crippen LogP contribution is -2.22. The molecule has 2 N–H and O–H groups in total. The summed E-state index contributed by atoms with van der Waals surface area (Å²) in [5.74, 6) is 1.10. The number of benzene rings is 4. The molecule has 0 saturated heterocycles. The molecule has 41 heavy (non-hydrogen) atoms. The number of halogens is 1. The summed E-state index contributed by atoms with van der Waals surface area (Å²) < 4.78 is 19.3. The van der Waals surface area contributed by atoms with E-state index in [4.69, 9.17) is 4.74 Å². The minimum atomic E-state index is -0.644. The zero-order valence-electron chi connectivity index (χ0n) is 23.7. The highest BCUT2D eigenvalue weighted by Gasteiger charge is 2.29. The van der Waals surface area contributed by atoms with Gasteiger partial charge in [-0.2, -0.15) is 0 Å². The molecule has 1 atom stereocenters. The standard InChI is InChI=1S/C36H36FNO3/c1-36(2,3)31-21-16-25(15-20-27(39)19-14-24-12-17-26(37)18-13-24)22-32(31)38-35(40)23-30-28-8-4-6-10-33(28)41-34-11-7-5-9-29(30)34/h4-13,15-18,20-22,27,30,39H,14,19,23H2,1-3H3,(H,38,40)/b20-15+. The van der Waals surface area contributed by atoms with Crippen molar-refractivity contribution in [3.63, 3.8) is 0 Å². The third kappa shape index (κ3) is 6.93. The highest BCUT2D eigenvalue weighted by Crippen LogP contribution is 2.45. The van der Waals surface area contributed by atoms with Gasteiger partial charge in [-0.3, -0.25) is 4.79 Å². The van der Waals surface area contributed by atoms with Crippen LogP contribution < -0.4 is 10.1 Å². The van der Waals surface area contributed by atoms with Gasteiger partial charge < -0.3 is 15.2 Å². The Balaban J connectivity index is 1.32. The third-order valence-electron chi connectivity index (χ3n) is 7.48. The molecule has 4 aromatic rings. The van der Waals surface area contributed by atoms with Crippen LogP contribution in [0.25, 0.3) is 6.08 Å². The number of aryl methyl sites for hydroxylation is 1. The first-order valence-corrected chi connectivity index (χ1v) is 14.1. The molecule has 1 heterocycles. The molecule has 0 bridgehead atoms. The summed E-state index contributed by atoms with van der Waals surface area (Å²) in [7, 11) is 0. The maximum atomic E-state index is 13.6. The Labute approximate surface area is 241 Å². The minimum absolute atomic E-state index is 0.0764. The molecule has 1 amide bonds. The first-order valence-electron chi connectivity index (χ1n) is 14.1. The van der Waals surface area contributed by atoms with E-state index in [1.54, 1.807) is 18.2 Å². The number of aliphatic hydroxyl groups excluding tert-OH is 1. The Morgan fingerprint density at radius 2 is 1.59 bits per heavy atom. The number of nitrogens with one attached hydrogen (secondary N) is 1. The fourth-order valence-corrected chi connectivity index (χ4v) is 5.32. The van der Waals surface area contributed by atoms with Gasteiger partial charge in [0.1, 0.15) is 17.3 Å². The van der Waals surface area contributed by atoms with Crippen molar-refractivity contribution < 1.29 is 19.0 Å². The lowest BCUT2D eigenvalue weighted by Gasteiger charge is -2.28. The molecule has 0 radical (unpaired) electrons. The number of aliphatic hydroxyl groups is 1. The van der Waals surface area contributed by atoms with Gasteiger partial charge in [0.15, 0.2) is 0 Å². The van der Waals surface area contributed by atoms with E-state index in [9.17, 15) is 14.3 Å². The predicted molar refractivity (Wildman–Crippen MR) is 163 cm³/mol. The van der Waals surface area contributed by atoms with Gasteiger partial charge in [-0.25, -0.2) is 4.39 Å². The smallest absolute Gasteiger partial charge is 0.225 e. The van der Waals surface area contributed by atoms with Crippen LogP contribution in [-0.4, -0.2) is 17.1 Å². The molecule has 0 saturated carbocycles. The minimum Gasteiger partial charge on any atom is -0.457 e. The number of ether oxygens (including phenoxy) is 1. The summed E-state index contributed by atoms with van der Waals surface area (Å²) in [6.45, 7) is 6.37. The topological polar surface area (TPSA) is 58.6 Å². The number of hydrogen-bond acceptors (Lipinski definition) is 3. The van der Waals surface area contributed by atoms with Crippen molar-refractivity contribution in [1.82, 2.24) is 0 Å². The van der Waals surface area contributed by atoms with Crippen LogP contribution in [0.1, 0.15) is 67.3 Å². The van der Waals surface area contributed by atoms with E-state index in [0.717, 1.165) is 45.0 Å². The third-order valence-corrected chi connectivity index (χ3v) is 7.48. The van der Waals surface area contributed by atoms with Crippen molar-refractivity contribution in [1.29, 1.82) is 0 Å². The molecule has 4 nitrogen and oxygen atoms in total. The summed E-state index contributed by atoms with van der Waals surface area (Å²) in [6, 6.07) is 28.1. The summed E-state index contributed by atoms with van der Waals surface area (Å²) >= 11 is 0. The van der Waals surface area contributed by atoms with Crippen LogP contribution in [0, 0.1) is 5.82 Å². The van der Waals surface area contributed by atoms with Crippen molar-refractivity contribution in [2.75, 3.05) is 5.32 Å². The Hall–Kier alpha value is -4.22. The summed E-state index contributed by atoms with van der Waals surface area (Å²) in [5.41, 5.74) is 5.49. The molecule has 1 unspecified atom stereocenters. The van der Waals surface area contributed by atoms with Crippen LogP contribution in [-0.2, 0) is 16.6 Å². The van der Waals surface area contributed by atoms with E-state index < -0.39 is 6.10 Å². The monoisotopic (exact) mass is 549 g/mol. The Bertz CT molecular complexity index is 1510. The number of amides is 1. The second kappa shape index (κ2) is 12.1. The number of carbonyl (C=O) groups is 1. The quantitative estimate of drug-likeness (QED) is 0.232. The number of carbonyl (C=O) groups excluding carboxylic acids is 1. The van der Waals surface area contributed by atoms with E-state index in [2.05, 4.69) is 26.1 Å². The number of anilines is 1. The van der Waals surface area contributed by atoms with Gasteiger partial charge in [0.25, 0.3) is 0 Å². The van der Waals surface area contributed by atoms with Gasteiger partial charge in [0.05, 0.1) is 6.10 Å². The molecule has 1 aliphatic heterocycles. The molecule has 210 valence electrons. The van der Waals surface area contributed by atoms with Crippen molar-refractivity contribution in [2.45, 2.75) is 57.5 Å². The number of hydrogen-bond donors (Lipinski definition) is 2. The van der Waals surface area contributed by atoms with Crippen molar-refractivity contribution in [3.05, 3.63) is 131 Å². The average Bonchev–Trinajstić information content (AvgIpc) is 2.95. The molecule has 1 aliphatic rings. The van der Waals surface area contributed by atoms with Crippen LogP contribution in [0.4, 0.5) is 10.1 Å². The molecule has 0 aromatic heterocycles. The molecular formula is C36H36FNO3. The molecule has 4 aromatic carbocycles. The first kappa shape index (κ1) is 28.3. The predicted octanol–water partition coefficient (Wildman–Crippen LogP) is 8.40. The normalized spacial score (nSPS) is 13.8. The zero-order chi connectivity index (χ0) is 29.0. The summed E-state index contributed by atoms with van der Waals surface area (Å²) in [6.07, 6.45) is 4.45. The summed E-state index contributed by atoms with van der Waals surface area (Å²) in [5, 5.41) is 13.7. The van der Waals surface area contributed by atoms with Crippen LogP contribution in [0.2, 0.25) is 0 Å². The highest BCUT2D eigenvalue weighted by molar-refractivity contribution is 5.93. The second-order valence-electron chi connectivity index (χ2n) is 11.6. The molecule has 0 spiro atoms. The van der Waals surface area contributed by atoms with E-state index in [1.165, 1.54) is 12.1 Å². The average molecular weight is 550 g/mol. The molecule has 5 heteroatoms. The number of fused-ring (bicyclic) bond motifs is 2. The largest absolute Gasteiger partial charge is 0.457 e. The van der Waals surface area contributed by atoms with Gasteiger partial charge in [0, 0.05) is 29.2 Å². The Morgan fingerprint density at radius 3 is 2.22 bits per heavy atom. The maximum absolute atomic E-state index is 13.6. The Kier molecular flexibility index (Phi) is 8.36. The van der Waals surface area contributed by atoms with E-state index in [0.29, 0.717) is 12.8 Å². The Morgan fingerprint density at radius 1 is 0.951 bits per heavy atom.